The van der Waals surface area contributed by atoms with E-state index in [1.807, 2.05) is 32.9 Å². The van der Waals surface area contributed by atoms with Crippen LogP contribution >= 0.6 is 11.9 Å². The minimum absolute atomic E-state index is 0.0291. The van der Waals surface area contributed by atoms with E-state index in [1.165, 1.54) is 18.9 Å². The summed E-state index contributed by atoms with van der Waals surface area (Å²) in [6.07, 6.45) is 1.76. The molecule has 0 radical (unpaired) electrons. The largest absolute Gasteiger partial charge is 0.300 e. The van der Waals surface area contributed by atoms with Crippen LogP contribution in [0.25, 0.3) is 0 Å². The van der Waals surface area contributed by atoms with E-state index in [0.29, 0.717) is 5.75 Å². The van der Waals surface area contributed by atoms with Gasteiger partial charge in [-0.05, 0) is 30.5 Å². The number of pyridine rings is 1. The SMILES string of the molecule is CC.CC(=O)NSCc1ncccc1C. The van der Waals surface area contributed by atoms with Gasteiger partial charge in [0.2, 0.25) is 5.91 Å². The van der Waals surface area contributed by atoms with Gasteiger partial charge in [0.25, 0.3) is 0 Å². The van der Waals surface area contributed by atoms with Crippen molar-refractivity contribution < 1.29 is 4.79 Å². The van der Waals surface area contributed by atoms with Crippen molar-refractivity contribution in [2.75, 3.05) is 0 Å². The van der Waals surface area contributed by atoms with Gasteiger partial charge in [-0.1, -0.05) is 19.9 Å². The van der Waals surface area contributed by atoms with Crippen molar-refractivity contribution in [1.82, 2.24) is 9.71 Å². The summed E-state index contributed by atoms with van der Waals surface area (Å²) in [5.41, 5.74) is 2.17. The van der Waals surface area contributed by atoms with E-state index in [2.05, 4.69) is 9.71 Å². The molecule has 0 unspecified atom stereocenters. The lowest BCUT2D eigenvalue weighted by molar-refractivity contribution is -0.117. The number of rotatable bonds is 3. The van der Waals surface area contributed by atoms with Crippen LogP contribution in [0, 0.1) is 6.92 Å². The summed E-state index contributed by atoms with van der Waals surface area (Å²) in [6.45, 7) is 7.51. The van der Waals surface area contributed by atoms with Gasteiger partial charge in [-0.2, -0.15) is 0 Å². The Morgan fingerprint density at radius 1 is 1.53 bits per heavy atom. The normalized spacial score (nSPS) is 8.80. The Morgan fingerprint density at radius 2 is 2.20 bits per heavy atom. The number of hydrogen-bond acceptors (Lipinski definition) is 3. The van der Waals surface area contributed by atoms with Crippen LogP contribution in [-0.2, 0) is 10.5 Å². The van der Waals surface area contributed by atoms with Gasteiger partial charge >= 0.3 is 0 Å². The number of nitrogens with zero attached hydrogens (tertiary/aromatic N) is 1. The van der Waals surface area contributed by atoms with Crippen LogP contribution < -0.4 is 4.72 Å². The van der Waals surface area contributed by atoms with Crippen molar-refractivity contribution >= 4 is 17.9 Å². The topological polar surface area (TPSA) is 42.0 Å². The molecule has 1 aromatic rings. The molecule has 84 valence electrons. The summed E-state index contributed by atoms with van der Waals surface area (Å²) in [5.74, 6) is 0.685. The number of carbonyl (C=O) groups excluding carboxylic acids is 1. The second-order valence-electron chi connectivity index (χ2n) is 2.71. The first-order chi connectivity index (χ1) is 7.20. The Bertz CT molecular complexity index is 302. The van der Waals surface area contributed by atoms with E-state index in [0.717, 1.165) is 11.3 Å². The summed E-state index contributed by atoms with van der Waals surface area (Å²) >= 11 is 1.37. The molecule has 1 rings (SSSR count). The molecule has 3 nitrogen and oxygen atoms in total. The van der Waals surface area contributed by atoms with Gasteiger partial charge in [0.15, 0.2) is 0 Å². The second-order valence-corrected chi connectivity index (χ2v) is 3.50. The molecule has 1 N–H and O–H groups in total. The average Bonchev–Trinajstić information content (AvgIpc) is 2.23. The lowest BCUT2D eigenvalue weighted by Gasteiger charge is -2.03. The number of nitrogens with one attached hydrogen (secondary N) is 1. The third-order valence-corrected chi connectivity index (χ3v) is 2.39. The molecule has 0 spiro atoms. The van der Waals surface area contributed by atoms with Crippen LogP contribution in [0.4, 0.5) is 0 Å². The molecule has 1 amide bonds. The minimum atomic E-state index is -0.0291. The number of aromatic nitrogens is 1. The third kappa shape index (κ3) is 6.12. The number of aryl methyl sites for hydroxylation is 1. The molecule has 1 aromatic heterocycles. The van der Waals surface area contributed by atoms with Gasteiger partial charge in [0.1, 0.15) is 0 Å². The van der Waals surface area contributed by atoms with Gasteiger partial charge in [0, 0.05) is 13.1 Å². The smallest absolute Gasteiger partial charge is 0.226 e. The highest BCUT2D eigenvalue weighted by Crippen LogP contribution is 2.10. The molecule has 4 heteroatoms. The third-order valence-electron chi connectivity index (χ3n) is 1.54. The van der Waals surface area contributed by atoms with Crippen LogP contribution in [0.15, 0.2) is 18.3 Å². The number of amides is 1. The fourth-order valence-corrected chi connectivity index (χ4v) is 1.59. The highest BCUT2D eigenvalue weighted by molar-refractivity contribution is 7.97. The monoisotopic (exact) mass is 226 g/mol. The highest BCUT2D eigenvalue weighted by Gasteiger charge is 1.99. The van der Waals surface area contributed by atoms with Gasteiger partial charge in [-0.25, -0.2) is 0 Å². The number of hydrogen-bond donors (Lipinski definition) is 1. The first kappa shape index (κ1) is 14.0. The van der Waals surface area contributed by atoms with Crippen LogP contribution in [0.5, 0.6) is 0 Å². The van der Waals surface area contributed by atoms with Gasteiger partial charge in [-0.3, -0.25) is 9.78 Å². The van der Waals surface area contributed by atoms with Crippen molar-refractivity contribution in [1.29, 1.82) is 0 Å². The van der Waals surface area contributed by atoms with E-state index in [4.69, 9.17) is 0 Å². The average molecular weight is 226 g/mol. The lowest BCUT2D eigenvalue weighted by Crippen LogP contribution is -2.10. The fraction of sp³-hybridized carbons (Fsp3) is 0.455. The minimum Gasteiger partial charge on any atom is -0.300 e. The quantitative estimate of drug-likeness (QED) is 0.806. The Balaban J connectivity index is 0.000000921. The summed E-state index contributed by atoms with van der Waals surface area (Å²) < 4.78 is 2.66. The lowest BCUT2D eigenvalue weighted by atomic mass is 10.2. The number of carbonyl (C=O) groups is 1. The molecular formula is C11H18N2OS. The van der Waals surface area contributed by atoms with E-state index >= 15 is 0 Å². The van der Waals surface area contributed by atoms with Crippen LogP contribution in [0.2, 0.25) is 0 Å². The molecule has 0 aromatic carbocycles. The van der Waals surface area contributed by atoms with Gasteiger partial charge < -0.3 is 4.72 Å². The molecule has 0 saturated carbocycles. The molecule has 0 aliphatic carbocycles. The standard InChI is InChI=1S/C9H12N2OS.C2H6/c1-7-4-3-5-10-9(7)6-13-11-8(2)12;1-2/h3-5H,6H2,1-2H3,(H,11,12);1-2H3. The maximum absolute atomic E-state index is 10.6. The summed E-state index contributed by atoms with van der Waals surface area (Å²) in [5, 5.41) is 0. The predicted molar refractivity (Wildman–Crippen MR) is 65.4 cm³/mol. The van der Waals surface area contributed by atoms with E-state index in [1.54, 1.807) is 6.20 Å². The van der Waals surface area contributed by atoms with Crippen molar-refractivity contribution in [3.05, 3.63) is 29.6 Å². The van der Waals surface area contributed by atoms with Gasteiger partial charge in [0.05, 0.1) is 11.4 Å². The zero-order valence-electron chi connectivity index (χ0n) is 9.70. The maximum atomic E-state index is 10.6. The molecule has 1 heterocycles. The molecule has 0 atom stereocenters. The van der Waals surface area contributed by atoms with Crippen molar-refractivity contribution in [2.24, 2.45) is 0 Å². The molecule has 0 fully saturated rings. The fourth-order valence-electron chi connectivity index (χ4n) is 0.876. The predicted octanol–water partition coefficient (Wildman–Crippen LogP) is 2.70. The molecular weight excluding hydrogens is 208 g/mol. The molecule has 0 aliphatic heterocycles. The van der Waals surface area contributed by atoms with Crippen molar-refractivity contribution in [3.8, 4) is 0 Å². The zero-order chi connectivity index (χ0) is 11.7. The van der Waals surface area contributed by atoms with Gasteiger partial charge in [-0.15, -0.1) is 0 Å². The molecule has 0 aliphatic rings. The van der Waals surface area contributed by atoms with Crippen LogP contribution in [0.3, 0.4) is 0 Å². The van der Waals surface area contributed by atoms with Crippen LogP contribution in [0.1, 0.15) is 32.0 Å². The summed E-state index contributed by atoms with van der Waals surface area (Å²) in [7, 11) is 0. The maximum Gasteiger partial charge on any atom is 0.226 e. The first-order valence-corrected chi connectivity index (χ1v) is 5.97. The Labute approximate surface area is 95.8 Å². The van der Waals surface area contributed by atoms with Crippen molar-refractivity contribution in [2.45, 2.75) is 33.4 Å². The molecule has 0 saturated heterocycles. The second kappa shape index (κ2) is 8.29. The molecule has 0 bridgehead atoms. The Hall–Kier alpha value is -1.03. The first-order valence-electron chi connectivity index (χ1n) is 4.99. The summed E-state index contributed by atoms with van der Waals surface area (Å²) in [6, 6.07) is 3.92. The Kier molecular flexibility index (Phi) is 7.72. The zero-order valence-corrected chi connectivity index (χ0v) is 10.5. The highest BCUT2D eigenvalue weighted by atomic mass is 32.2. The Morgan fingerprint density at radius 3 is 2.73 bits per heavy atom. The summed E-state index contributed by atoms with van der Waals surface area (Å²) in [4.78, 5) is 14.8. The van der Waals surface area contributed by atoms with Crippen molar-refractivity contribution in [3.63, 3.8) is 0 Å². The molecule has 15 heavy (non-hydrogen) atoms. The van der Waals surface area contributed by atoms with E-state index in [9.17, 15) is 4.79 Å². The van der Waals surface area contributed by atoms with Crippen LogP contribution in [-0.4, -0.2) is 10.9 Å². The van der Waals surface area contributed by atoms with E-state index in [-0.39, 0.29) is 5.91 Å². The van der Waals surface area contributed by atoms with E-state index < -0.39 is 0 Å².